The van der Waals surface area contributed by atoms with Crippen LogP contribution in [0.4, 0.5) is 11.8 Å². The monoisotopic (exact) mass is 303 g/mol. The molecule has 3 aromatic rings. The van der Waals surface area contributed by atoms with Gasteiger partial charge in [-0.15, -0.1) is 11.3 Å². The molecule has 0 spiro atoms. The van der Waals surface area contributed by atoms with E-state index in [0.29, 0.717) is 12.5 Å². The largest absolute Gasteiger partial charge is 0.362 e. The fourth-order valence-corrected chi connectivity index (χ4v) is 2.88. The predicted octanol–water partition coefficient (Wildman–Crippen LogP) is 3.42. The zero-order valence-electron chi connectivity index (χ0n) is 12.0. The molecule has 3 heterocycles. The second-order valence-corrected chi connectivity index (χ2v) is 5.97. The summed E-state index contributed by atoms with van der Waals surface area (Å²) >= 11 is 1.67. The summed E-state index contributed by atoms with van der Waals surface area (Å²) in [5.41, 5.74) is 0. The second kappa shape index (κ2) is 6.09. The van der Waals surface area contributed by atoms with Crippen LogP contribution in [0.1, 0.15) is 24.0 Å². The van der Waals surface area contributed by atoms with Gasteiger partial charge in [0.15, 0.2) is 5.76 Å². The van der Waals surface area contributed by atoms with Gasteiger partial charge in [0.05, 0.1) is 18.1 Å². The van der Waals surface area contributed by atoms with Gasteiger partial charge in [0.2, 0.25) is 5.95 Å². The Balaban J connectivity index is 1.89. The van der Waals surface area contributed by atoms with Crippen LogP contribution >= 0.6 is 11.3 Å². The lowest BCUT2D eigenvalue weighted by molar-refractivity contribution is 0.388. The van der Waals surface area contributed by atoms with Crippen LogP contribution < -0.4 is 10.6 Å². The first-order chi connectivity index (χ1) is 10.3. The lowest BCUT2D eigenvalue weighted by Crippen LogP contribution is -2.07. The van der Waals surface area contributed by atoms with Gasteiger partial charge in [-0.05, 0) is 19.4 Å². The Kier molecular flexibility index (Phi) is 4.01. The zero-order valence-corrected chi connectivity index (χ0v) is 12.8. The molecule has 21 heavy (non-hydrogen) atoms. The number of anilines is 2. The van der Waals surface area contributed by atoms with Crippen molar-refractivity contribution in [3.63, 3.8) is 0 Å². The summed E-state index contributed by atoms with van der Waals surface area (Å²) in [5.74, 6) is 2.25. The molecule has 0 aliphatic rings. The number of nitrogens with zero attached hydrogens (tertiary/aromatic N) is 3. The fraction of sp³-hybridized carbons (Fsp3) is 0.357. The van der Waals surface area contributed by atoms with Crippen molar-refractivity contribution in [2.24, 2.45) is 0 Å². The lowest BCUT2D eigenvalue weighted by Gasteiger charge is -2.08. The van der Waals surface area contributed by atoms with E-state index in [-0.39, 0.29) is 0 Å². The van der Waals surface area contributed by atoms with E-state index < -0.39 is 0 Å². The maximum atomic E-state index is 5.10. The third kappa shape index (κ3) is 3.13. The Labute approximate surface area is 126 Å². The van der Waals surface area contributed by atoms with E-state index in [2.05, 4.69) is 45.7 Å². The summed E-state index contributed by atoms with van der Waals surface area (Å²) in [6.45, 7) is 5.60. The molecule has 7 heteroatoms. The minimum atomic E-state index is 0.550. The third-order valence-electron chi connectivity index (χ3n) is 2.97. The van der Waals surface area contributed by atoms with Gasteiger partial charge in [-0.1, -0.05) is 12.1 Å². The first-order valence-corrected chi connectivity index (χ1v) is 7.73. The van der Waals surface area contributed by atoms with E-state index in [9.17, 15) is 0 Å². The number of hydrogen-bond donors (Lipinski definition) is 2. The van der Waals surface area contributed by atoms with E-state index in [1.54, 1.807) is 17.5 Å². The molecule has 0 aliphatic heterocycles. The third-order valence-corrected chi connectivity index (χ3v) is 3.91. The first kappa shape index (κ1) is 13.8. The Bertz CT molecular complexity index is 722. The van der Waals surface area contributed by atoms with Crippen molar-refractivity contribution in [1.82, 2.24) is 15.1 Å². The number of aryl methyl sites for hydroxylation is 1. The molecular weight excluding hydrogens is 286 g/mol. The van der Waals surface area contributed by atoms with E-state index >= 15 is 0 Å². The molecule has 0 unspecified atom stereocenters. The maximum Gasteiger partial charge on any atom is 0.226 e. The zero-order chi connectivity index (χ0) is 14.7. The van der Waals surface area contributed by atoms with Crippen molar-refractivity contribution in [2.45, 2.75) is 26.8 Å². The SMILES string of the molecule is CCCNc1nc(NCc2ccno2)c2cc(C)sc2n1. The minimum Gasteiger partial charge on any atom is -0.362 e. The summed E-state index contributed by atoms with van der Waals surface area (Å²) in [6, 6.07) is 3.94. The van der Waals surface area contributed by atoms with Gasteiger partial charge in [0, 0.05) is 17.5 Å². The molecule has 0 radical (unpaired) electrons. The molecule has 0 amide bonds. The van der Waals surface area contributed by atoms with Crippen molar-refractivity contribution in [1.29, 1.82) is 0 Å². The average molecular weight is 303 g/mol. The van der Waals surface area contributed by atoms with Crippen LogP contribution in [0.15, 0.2) is 22.9 Å². The lowest BCUT2D eigenvalue weighted by atomic mass is 10.3. The van der Waals surface area contributed by atoms with Crippen molar-refractivity contribution < 1.29 is 4.52 Å². The first-order valence-electron chi connectivity index (χ1n) is 6.91. The predicted molar refractivity (Wildman–Crippen MR) is 84.8 cm³/mol. The van der Waals surface area contributed by atoms with Gasteiger partial charge in [-0.3, -0.25) is 0 Å². The molecule has 0 saturated heterocycles. The molecule has 0 fully saturated rings. The van der Waals surface area contributed by atoms with E-state index in [1.165, 1.54) is 4.88 Å². The van der Waals surface area contributed by atoms with Gasteiger partial charge in [-0.25, -0.2) is 4.98 Å². The number of fused-ring (bicyclic) bond motifs is 1. The summed E-state index contributed by atoms with van der Waals surface area (Å²) in [5, 5.41) is 11.3. The summed E-state index contributed by atoms with van der Waals surface area (Å²) < 4.78 is 5.10. The standard InChI is InChI=1S/C14H17N5OS/c1-3-5-15-14-18-12(16-8-10-4-6-17-20-10)11-7-9(2)21-13(11)19-14/h4,6-7H,3,5,8H2,1-2H3,(H2,15,16,18,19). The molecule has 0 aromatic carbocycles. The molecule has 110 valence electrons. The molecular formula is C14H17N5OS. The normalized spacial score (nSPS) is 11.0. The van der Waals surface area contributed by atoms with Crippen LogP contribution in [0.2, 0.25) is 0 Å². The summed E-state index contributed by atoms with van der Waals surface area (Å²) in [7, 11) is 0. The fourth-order valence-electron chi connectivity index (χ4n) is 2.00. The van der Waals surface area contributed by atoms with Gasteiger partial charge in [-0.2, -0.15) is 4.98 Å². The molecule has 0 atom stereocenters. The molecule has 3 rings (SSSR count). The number of aromatic nitrogens is 3. The topological polar surface area (TPSA) is 75.9 Å². The molecule has 3 aromatic heterocycles. The summed E-state index contributed by atoms with van der Waals surface area (Å²) in [4.78, 5) is 11.3. The highest BCUT2D eigenvalue weighted by Gasteiger charge is 2.11. The van der Waals surface area contributed by atoms with Crippen LogP contribution in [-0.2, 0) is 6.54 Å². The molecule has 0 saturated carbocycles. The van der Waals surface area contributed by atoms with Gasteiger partial charge < -0.3 is 15.2 Å². The van der Waals surface area contributed by atoms with E-state index in [4.69, 9.17) is 4.52 Å². The number of nitrogens with one attached hydrogen (secondary N) is 2. The van der Waals surface area contributed by atoms with Gasteiger partial charge >= 0.3 is 0 Å². The van der Waals surface area contributed by atoms with Gasteiger partial charge in [0.1, 0.15) is 10.6 Å². The molecule has 2 N–H and O–H groups in total. The summed E-state index contributed by atoms with van der Waals surface area (Å²) in [6.07, 6.45) is 2.67. The molecule has 0 aliphatic carbocycles. The smallest absolute Gasteiger partial charge is 0.226 e. The van der Waals surface area contributed by atoms with Crippen LogP contribution in [0.25, 0.3) is 10.2 Å². The minimum absolute atomic E-state index is 0.550. The quantitative estimate of drug-likeness (QED) is 0.726. The van der Waals surface area contributed by atoms with Crippen LogP contribution in [0.3, 0.4) is 0 Å². The highest BCUT2D eigenvalue weighted by atomic mass is 32.1. The van der Waals surface area contributed by atoms with Crippen molar-refractivity contribution in [3.8, 4) is 0 Å². The van der Waals surface area contributed by atoms with Crippen LogP contribution in [-0.4, -0.2) is 21.7 Å². The number of hydrogen-bond acceptors (Lipinski definition) is 7. The molecule has 0 bridgehead atoms. The Morgan fingerprint density at radius 2 is 2.19 bits per heavy atom. The van der Waals surface area contributed by atoms with Crippen LogP contribution in [0, 0.1) is 6.92 Å². The highest BCUT2D eigenvalue weighted by molar-refractivity contribution is 7.18. The average Bonchev–Trinajstić information content (AvgIpc) is 3.10. The maximum absolute atomic E-state index is 5.10. The second-order valence-electron chi connectivity index (χ2n) is 4.73. The van der Waals surface area contributed by atoms with Crippen LogP contribution in [0.5, 0.6) is 0 Å². The number of rotatable bonds is 6. The van der Waals surface area contributed by atoms with Gasteiger partial charge in [0.25, 0.3) is 0 Å². The van der Waals surface area contributed by atoms with Crippen molar-refractivity contribution in [3.05, 3.63) is 29.0 Å². The Morgan fingerprint density at radius 1 is 1.29 bits per heavy atom. The van der Waals surface area contributed by atoms with Crippen molar-refractivity contribution in [2.75, 3.05) is 17.2 Å². The Morgan fingerprint density at radius 3 is 2.95 bits per heavy atom. The van der Waals surface area contributed by atoms with E-state index in [0.717, 1.165) is 34.8 Å². The van der Waals surface area contributed by atoms with Crippen molar-refractivity contribution >= 4 is 33.3 Å². The highest BCUT2D eigenvalue weighted by Crippen LogP contribution is 2.29. The Hall–Kier alpha value is -2.15. The van der Waals surface area contributed by atoms with E-state index in [1.807, 2.05) is 6.07 Å². The number of thiophene rings is 1. The molecule has 6 nitrogen and oxygen atoms in total.